The Kier molecular flexibility index (Phi) is 4.77. The van der Waals surface area contributed by atoms with Crippen LogP contribution in [0.3, 0.4) is 0 Å². The molecule has 0 N–H and O–H groups in total. The van der Waals surface area contributed by atoms with Crippen LogP contribution in [0.5, 0.6) is 0 Å². The molecule has 7 heteroatoms. The van der Waals surface area contributed by atoms with Crippen LogP contribution in [0.4, 0.5) is 0 Å². The van der Waals surface area contributed by atoms with Crippen molar-refractivity contribution in [3.63, 3.8) is 0 Å². The highest BCUT2D eigenvalue weighted by Gasteiger charge is 2.16. The molecule has 0 aliphatic heterocycles. The van der Waals surface area contributed by atoms with Crippen LogP contribution in [0.15, 0.2) is 140 Å². The van der Waals surface area contributed by atoms with Gasteiger partial charge in [-0.25, -0.2) is 14.3 Å². The largest absolute Gasteiger partial charge is 0.309 e. The Labute approximate surface area is 240 Å². The summed E-state index contributed by atoms with van der Waals surface area (Å²) < 4.78 is 8.34. The molecule has 0 spiro atoms. The maximum absolute atomic E-state index is 4.80. The van der Waals surface area contributed by atoms with Gasteiger partial charge >= 0.3 is 0 Å². The van der Waals surface area contributed by atoms with E-state index in [1.807, 2.05) is 40.1 Å². The molecule has 0 saturated carbocycles. The van der Waals surface area contributed by atoms with E-state index >= 15 is 0 Å². The van der Waals surface area contributed by atoms with Gasteiger partial charge in [0.2, 0.25) is 0 Å². The predicted octanol–water partition coefficient (Wildman–Crippen LogP) is 7.65. The number of hydrogen-bond donors (Lipinski definition) is 0. The first-order chi connectivity index (χ1) is 20.8. The van der Waals surface area contributed by atoms with E-state index in [-0.39, 0.29) is 0 Å². The number of rotatable bonds is 4. The summed E-state index contributed by atoms with van der Waals surface area (Å²) in [6.45, 7) is 0. The van der Waals surface area contributed by atoms with Crippen molar-refractivity contribution in [1.82, 2.24) is 33.7 Å². The molecule has 0 radical (unpaired) electrons. The highest BCUT2D eigenvalue weighted by Crippen LogP contribution is 2.34. The van der Waals surface area contributed by atoms with Crippen molar-refractivity contribution in [2.45, 2.75) is 0 Å². The Balaban J connectivity index is 1.21. The zero-order chi connectivity index (χ0) is 27.6. The Morgan fingerprint density at radius 1 is 0.452 bits per heavy atom. The average Bonchev–Trinajstić information content (AvgIpc) is 3.85. The Morgan fingerprint density at radius 3 is 2.05 bits per heavy atom. The molecule has 0 amide bonds. The smallest absolute Gasteiger partial charge is 0.145 e. The van der Waals surface area contributed by atoms with Crippen molar-refractivity contribution >= 4 is 43.7 Å². The summed E-state index contributed by atoms with van der Waals surface area (Å²) in [5.41, 5.74) is 8.32. The van der Waals surface area contributed by atoms with Gasteiger partial charge in [-0.05, 0) is 60.7 Å². The lowest BCUT2D eigenvalue weighted by atomic mass is 10.1. The minimum Gasteiger partial charge on any atom is -0.309 e. The molecule has 0 unspecified atom stereocenters. The number of nitrogens with zero attached hydrogens (tertiary/aromatic N) is 7. The van der Waals surface area contributed by atoms with Crippen molar-refractivity contribution in [3.05, 3.63) is 140 Å². The van der Waals surface area contributed by atoms with E-state index in [9.17, 15) is 0 Å². The molecule has 9 aromatic rings. The van der Waals surface area contributed by atoms with E-state index in [0.717, 1.165) is 50.3 Å². The monoisotopic (exact) mass is 541 g/mol. The van der Waals surface area contributed by atoms with Gasteiger partial charge in [-0.15, -0.1) is 0 Å². The summed E-state index contributed by atoms with van der Waals surface area (Å²) in [5.74, 6) is 0. The van der Waals surface area contributed by atoms with Crippen LogP contribution in [0.2, 0.25) is 0 Å². The zero-order valence-corrected chi connectivity index (χ0v) is 22.4. The normalized spacial score (nSPS) is 11.8. The number of aromatic nitrogens is 7. The van der Waals surface area contributed by atoms with E-state index in [2.05, 4.69) is 117 Å². The van der Waals surface area contributed by atoms with Gasteiger partial charge in [0, 0.05) is 45.8 Å². The second kappa shape index (κ2) is 8.78. The lowest BCUT2D eigenvalue weighted by molar-refractivity contribution is 0.877. The lowest BCUT2D eigenvalue weighted by Crippen LogP contribution is -2.00. The standard InChI is InChI=1S/C35H23N7/c1-3-13-32-28(10-1)30-16-15-25(39-19-7-18-37-39)21-34(30)41(32)26-9-5-8-24(20-26)40-23-27(22-38-40)42-33-14-4-2-11-29(33)31-12-6-17-36-35(31)42/h1-23H. The van der Waals surface area contributed by atoms with Crippen molar-refractivity contribution in [2.24, 2.45) is 0 Å². The summed E-state index contributed by atoms with van der Waals surface area (Å²) in [6.07, 6.45) is 9.59. The second-order valence-corrected chi connectivity index (χ2v) is 10.4. The molecule has 0 atom stereocenters. The molecule has 42 heavy (non-hydrogen) atoms. The SMILES string of the molecule is c1cc(-n2cc(-n3c4ccccc4c4cccnc43)cn2)cc(-n2c3ccccc3c3ccc(-n4cccn4)cc32)c1. The van der Waals surface area contributed by atoms with Gasteiger partial charge in [-0.3, -0.25) is 4.57 Å². The van der Waals surface area contributed by atoms with E-state index in [4.69, 9.17) is 10.1 Å². The number of benzene rings is 4. The first-order valence-corrected chi connectivity index (χ1v) is 13.9. The molecule has 0 fully saturated rings. The molecule has 0 aliphatic carbocycles. The quantitative estimate of drug-likeness (QED) is 0.230. The maximum Gasteiger partial charge on any atom is 0.145 e. The van der Waals surface area contributed by atoms with E-state index in [0.29, 0.717) is 0 Å². The highest BCUT2D eigenvalue weighted by atomic mass is 15.3. The van der Waals surface area contributed by atoms with Gasteiger partial charge < -0.3 is 4.57 Å². The molecule has 198 valence electrons. The third kappa shape index (κ3) is 3.31. The topological polar surface area (TPSA) is 58.4 Å². The molecule has 0 saturated heterocycles. The summed E-state index contributed by atoms with van der Waals surface area (Å²) in [5, 5.41) is 14.0. The van der Waals surface area contributed by atoms with Gasteiger partial charge in [-0.2, -0.15) is 10.2 Å². The van der Waals surface area contributed by atoms with Crippen LogP contribution >= 0.6 is 0 Å². The van der Waals surface area contributed by atoms with Crippen LogP contribution in [0.25, 0.3) is 66.5 Å². The summed E-state index contributed by atoms with van der Waals surface area (Å²) in [7, 11) is 0. The first kappa shape index (κ1) is 22.8. The van der Waals surface area contributed by atoms with E-state index < -0.39 is 0 Å². The predicted molar refractivity (Wildman–Crippen MR) is 167 cm³/mol. The number of pyridine rings is 1. The lowest BCUT2D eigenvalue weighted by Gasteiger charge is -2.11. The van der Waals surface area contributed by atoms with Crippen LogP contribution in [-0.2, 0) is 0 Å². The van der Waals surface area contributed by atoms with Gasteiger partial charge in [0.25, 0.3) is 0 Å². The third-order valence-corrected chi connectivity index (χ3v) is 8.04. The Hall–Kier alpha value is -5.95. The highest BCUT2D eigenvalue weighted by molar-refractivity contribution is 6.10. The van der Waals surface area contributed by atoms with Crippen molar-refractivity contribution in [3.8, 4) is 22.7 Å². The van der Waals surface area contributed by atoms with Gasteiger partial charge in [0.05, 0.1) is 46.0 Å². The van der Waals surface area contributed by atoms with E-state index in [1.54, 1.807) is 6.20 Å². The molecule has 5 heterocycles. The minimum absolute atomic E-state index is 0.922. The molecular weight excluding hydrogens is 518 g/mol. The molecular formula is C35H23N7. The minimum atomic E-state index is 0.922. The van der Waals surface area contributed by atoms with Gasteiger partial charge in [0.1, 0.15) is 5.65 Å². The molecule has 5 aromatic heterocycles. The van der Waals surface area contributed by atoms with Crippen LogP contribution in [0.1, 0.15) is 0 Å². The van der Waals surface area contributed by atoms with Crippen molar-refractivity contribution in [2.75, 3.05) is 0 Å². The molecule has 4 aromatic carbocycles. The van der Waals surface area contributed by atoms with Crippen LogP contribution in [-0.4, -0.2) is 33.7 Å². The maximum atomic E-state index is 4.80. The fourth-order valence-corrected chi connectivity index (χ4v) is 6.20. The fraction of sp³-hybridized carbons (Fsp3) is 0. The second-order valence-electron chi connectivity index (χ2n) is 10.4. The average molecular weight is 542 g/mol. The molecule has 0 aliphatic rings. The first-order valence-electron chi connectivity index (χ1n) is 13.9. The third-order valence-electron chi connectivity index (χ3n) is 8.04. The van der Waals surface area contributed by atoms with Crippen LogP contribution in [0, 0.1) is 0 Å². The summed E-state index contributed by atoms with van der Waals surface area (Å²) >= 11 is 0. The van der Waals surface area contributed by atoms with Crippen molar-refractivity contribution in [1.29, 1.82) is 0 Å². The number of hydrogen-bond acceptors (Lipinski definition) is 3. The number of fused-ring (bicyclic) bond motifs is 6. The summed E-state index contributed by atoms with van der Waals surface area (Å²) in [6, 6.07) is 38.1. The van der Waals surface area contributed by atoms with Gasteiger partial charge in [-0.1, -0.05) is 48.5 Å². The summed E-state index contributed by atoms with van der Waals surface area (Å²) in [4.78, 5) is 4.72. The Bertz CT molecular complexity index is 2370. The molecule has 0 bridgehead atoms. The number of para-hydroxylation sites is 2. The van der Waals surface area contributed by atoms with E-state index in [1.165, 1.54) is 16.2 Å². The van der Waals surface area contributed by atoms with Crippen molar-refractivity contribution < 1.29 is 0 Å². The van der Waals surface area contributed by atoms with Crippen LogP contribution < -0.4 is 0 Å². The molecule has 7 nitrogen and oxygen atoms in total. The fourth-order valence-electron chi connectivity index (χ4n) is 6.20. The zero-order valence-electron chi connectivity index (χ0n) is 22.4. The Morgan fingerprint density at radius 2 is 1.19 bits per heavy atom. The molecule has 9 rings (SSSR count). The van der Waals surface area contributed by atoms with Gasteiger partial charge in [0.15, 0.2) is 0 Å².